The van der Waals surface area contributed by atoms with E-state index in [9.17, 15) is 0 Å². The molecule has 2 heteroatoms. The van der Waals surface area contributed by atoms with Crippen LogP contribution in [0.25, 0.3) is 0 Å². The maximum atomic E-state index is 2.37. The third-order valence-electron chi connectivity index (χ3n) is 5.09. The van der Waals surface area contributed by atoms with Gasteiger partial charge in [0.05, 0.1) is 0 Å². The van der Waals surface area contributed by atoms with Gasteiger partial charge in [-0.15, -0.1) is 0 Å². The quantitative estimate of drug-likeness (QED) is 0.513. The fourth-order valence-electron chi connectivity index (χ4n) is 3.71. The van der Waals surface area contributed by atoms with Crippen molar-refractivity contribution < 1.29 is 0 Å². The number of rotatable bonds is 5. The Kier molecular flexibility index (Phi) is 4.98. The molecule has 0 aromatic heterocycles. The number of hydrogen-bond donors (Lipinski definition) is 0. The van der Waals surface area contributed by atoms with E-state index in [1.54, 1.807) is 0 Å². The lowest BCUT2D eigenvalue weighted by Gasteiger charge is -2.42. The maximum absolute atomic E-state index is 2.37. The van der Waals surface area contributed by atoms with Crippen molar-refractivity contribution in [1.82, 2.24) is 4.90 Å². The zero-order chi connectivity index (χ0) is 17.0. The van der Waals surface area contributed by atoms with Gasteiger partial charge >= 0.3 is 0 Å². The van der Waals surface area contributed by atoms with Crippen LogP contribution in [-0.2, 0) is 0 Å². The minimum absolute atomic E-state index is 0.435. The molecule has 0 aliphatic carbocycles. The summed E-state index contributed by atoms with van der Waals surface area (Å²) in [6, 6.07) is 33.2. The first kappa shape index (κ1) is 16.7. The Hall–Kier alpha value is -2.16. The second-order valence-corrected chi connectivity index (χ2v) is 10.7. The van der Waals surface area contributed by atoms with Crippen LogP contribution in [0.3, 0.4) is 0 Å². The molecule has 0 saturated carbocycles. The minimum Gasteiger partial charge on any atom is -0.308 e. The second kappa shape index (κ2) is 7.16. The average molecular weight is 332 g/mol. The molecule has 24 heavy (non-hydrogen) atoms. The van der Waals surface area contributed by atoms with Gasteiger partial charge < -0.3 is 4.90 Å². The van der Waals surface area contributed by atoms with Gasteiger partial charge in [0.1, 0.15) is 0 Å². The van der Waals surface area contributed by atoms with Crippen LogP contribution in [-0.4, -0.2) is 32.7 Å². The third kappa shape index (κ3) is 2.83. The summed E-state index contributed by atoms with van der Waals surface area (Å²) < 4.78 is 0. The van der Waals surface area contributed by atoms with Crippen molar-refractivity contribution in [3.05, 3.63) is 91.0 Å². The van der Waals surface area contributed by atoms with Gasteiger partial charge in [-0.05, 0) is 29.7 Å². The molecule has 3 aromatic carbocycles. The minimum atomic E-state index is -2.16. The predicted octanol–water partition coefficient (Wildman–Crippen LogP) is 2.65. The first-order chi connectivity index (χ1) is 11.7. The van der Waals surface area contributed by atoms with Gasteiger partial charge in [0.25, 0.3) is 0 Å². The molecular weight excluding hydrogens is 306 g/mol. The predicted molar refractivity (Wildman–Crippen MR) is 107 cm³/mol. The van der Waals surface area contributed by atoms with Gasteiger partial charge in [0.2, 0.25) is 0 Å². The van der Waals surface area contributed by atoms with E-state index in [-0.39, 0.29) is 0 Å². The van der Waals surface area contributed by atoms with E-state index in [0.717, 1.165) is 0 Å². The van der Waals surface area contributed by atoms with Gasteiger partial charge in [-0.1, -0.05) is 97.9 Å². The smallest absolute Gasteiger partial charge is 0.164 e. The zero-order valence-electron chi connectivity index (χ0n) is 14.7. The first-order valence-corrected chi connectivity index (χ1v) is 10.6. The Labute approximate surface area is 146 Å². The van der Waals surface area contributed by atoms with Crippen molar-refractivity contribution in [3.63, 3.8) is 0 Å². The summed E-state index contributed by atoms with van der Waals surface area (Å²) >= 11 is 0. The van der Waals surface area contributed by atoms with E-state index < -0.39 is 8.07 Å². The van der Waals surface area contributed by atoms with Gasteiger partial charge in [0.15, 0.2) is 8.07 Å². The molecule has 0 spiro atoms. The highest BCUT2D eigenvalue weighted by atomic mass is 28.3. The van der Waals surface area contributed by atoms with Gasteiger partial charge in [0, 0.05) is 5.67 Å². The van der Waals surface area contributed by atoms with E-state index in [0.29, 0.717) is 5.67 Å². The molecule has 0 radical (unpaired) electrons. The summed E-state index contributed by atoms with van der Waals surface area (Å²) in [4.78, 5) is 2.37. The molecule has 0 aliphatic rings. The highest BCUT2D eigenvalue weighted by Crippen LogP contribution is 2.15. The van der Waals surface area contributed by atoms with Crippen LogP contribution in [0, 0.1) is 0 Å². The monoisotopic (exact) mass is 331 g/mol. The molecule has 0 saturated heterocycles. The van der Waals surface area contributed by atoms with Crippen molar-refractivity contribution in [2.24, 2.45) is 0 Å². The Balaban J connectivity index is 2.37. The van der Waals surface area contributed by atoms with E-state index in [1.165, 1.54) is 15.6 Å². The molecule has 0 bridgehead atoms. The molecule has 0 amide bonds. The molecule has 1 nitrogen and oxygen atoms in total. The molecule has 122 valence electrons. The number of benzene rings is 3. The van der Waals surface area contributed by atoms with Crippen molar-refractivity contribution in [3.8, 4) is 0 Å². The van der Waals surface area contributed by atoms with Crippen LogP contribution < -0.4 is 15.6 Å². The highest BCUT2D eigenvalue weighted by Gasteiger charge is 2.45. The SMILES string of the molecule is C[C@H](N(C)C)[Si](c1ccccc1)(c1ccccc1)c1ccccc1. The van der Waals surface area contributed by atoms with Crippen LogP contribution in [0.4, 0.5) is 0 Å². The van der Waals surface area contributed by atoms with Crippen molar-refractivity contribution in [2.45, 2.75) is 12.6 Å². The maximum Gasteiger partial charge on any atom is 0.164 e. The van der Waals surface area contributed by atoms with Gasteiger partial charge in [-0.2, -0.15) is 0 Å². The van der Waals surface area contributed by atoms with Crippen molar-refractivity contribution >= 4 is 23.6 Å². The fraction of sp³-hybridized carbons (Fsp3) is 0.182. The summed E-state index contributed by atoms with van der Waals surface area (Å²) in [6.45, 7) is 2.37. The number of nitrogens with zero attached hydrogens (tertiary/aromatic N) is 1. The molecule has 0 heterocycles. The van der Waals surface area contributed by atoms with E-state index in [1.807, 2.05) is 0 Å². The van der Waals surface area contributed by atoms with Crippen LogP contribution in [0.2, 0.25) is 0 Å². The molecule has 3 aromatic rings. The van der Waals surface area contributed by atoms with Crippen LogP contribution in [0.15, 0.2) is 91.0 Å². The Morgan fingerprint density at radius 2 is 0.875 bits per heavy atom. The molecule has 0 aliphatic heterocycles. The van der Waals surface area contributed by atoms with E-state index in [2.05, 4.69) is 117 Å². The largest absolute Gasteiger partial charge is 0.308 e. The van der Waals surface area contributed by atoms with Crippen LogP contribution >= 0.6 is 0 Å². The first-order valence-electron chi connectivity index (χ1n) is 8.50. The fourth-order valence-corrected chi connectivity index (χ4v) is 9.09. The average Bonchev–Trinajstić information content (AvgIpc) is 2.65. The molecule has 0 N–H and O–H groups in total. The summed E-state index contributed by atoms with van der Waals surface area (Å²) in [5, 5.41) is 4.39. The lowest BCUT2D eigenvalue weighted by Crippen LogP contribution is -2.76. The Morgan fingerprint density at radius 1 is 0.583 bits per heavy atom. The zero-order valence-corrected chi connectivity index (χ0v) is 15.7. The summed E-state index contributed by atoms with van der Waals surface area (Å²) in [5.41, 5.74) is 0.435. The molecule has 0 fully saturated rings. The van der Waals surface area contributed by atoms with Gasteiger partial charge in [-0.3, -0.25) is 0 Å². The molecular formula is C22H25NSi. The topological polar surface area (TPSA) is 3.24 Å². The standard InChI is InChI=1S/C22H25NSi/c1-19(23(2)3)24(20-13-7-4-8-14-20,21-15-9-5-10-16-21)22-17-11-6-12-18-22/h4-19H,1-3H3/t19-/m1/s1. The highest BCUT2D eigenvalue weighted by molar-refractivity contribution is 7.12. The molecule has 0 unspecified atom stereocenters. The van der Waals surface area contributed by atoms with Crippen LogP contribution in [0.5, 0.6) is 0 Å². The lowest BCUT2D eigenvalue weighted by atomic mass is 10.3. The molecule has 3 rings (SSSR count). The number of hydrogen-bond acceptors (Lipinski definition) is 1. The normalized spacial score (nSPS) is 13.0. The van der Waals surface area contributed by atoms with Gasteiger partial charge in [-0.25, -0.2) is 0 Å². The summed E-state index contributed by atoms with van der Waals surface area (Å²) in [5.74, 6) is 0. The summed E-state index contributed by atoms with van der Waals surface area (Å²) in [7, 11) is 2.23. The van der Waals surface area contributed by atoms with E-state index in [4.69, 9.17) is 0 Å². The molecule has 1 atom stereocenters. The van der Waals surface area contributed by atoms with Crippen molar-refractivity contribution in [1.29, 1.82) is 0 Å². The third-order valence-corrected chi connectivity index (χ3v) is 10.6. The van der Waals surface area contributed by atoms with E-state index >= 15 is 0 Å². The second-order valence-electron chi connectivity index (χ2n) is 6.55. The summed E-state index contributed by atoms with van der Waals surface area (Å²) in [6.07, 6.45) is 0. The van der Waals surface area contributed by atoms with Crippen LogP contribution in [0.1, 0.15) is 6.92 Å². The Bertz CT molecular complexity index is 657. The lowest BCUT2D eigenvalue weighted by molar-refractivity contribution is 0.387. The van der Waals surface area contributed by atoms with Crippen molar-refractivity contribution in [2.75, 3.05) is 14.1 Å². The Morgan fingerprint density at radius 3 is 1.12 bits per heavy atom.